The zero-order valence-electron chi connectivity index (χ0n) is 15.7. The number of thiazole rings is 1. The van der Waals surface area contributed by atoms with E-state index in [0.29, 0.717) is 29.6 Å². The largest absolute Gasteiger partial charge is 0.427 e. The van der Waals surface area contributed by atoms with E-state index in [1.807, 2.05) is 6.20 Å². The molecule has 2 aromatic heterocycles. The summed E-state index contributed by atoms with van der Waals surface area (Å²) in [6.07, 6.45) is 3.73. The molecule has 2 aliphatic rings. The highest BCUT2D eigenvalue weighted by atomic mass is 35.5. The average Bonchev–Trinajstić information content (AvgIpc) is 3.02. The van der Waals surface area contributed by atoms with E-state index >= 15 is 0 Å². The molecule has 5 nitrogen and oxygen atoms in total. The van der Waals surface area contributed by atoms with Gasteiger partial charge in [0.05, 0.1) is 19.3 Å². The molecular weight excluding hydrogens is 411 g/mol. The van der Waals surface area contributed by atoms with Crippen LogP contribution in [0.5, 0.6) is 0 Å². The molecule has 1 spiro atoms. The van der Waals surface area contributed by atoms with Crippen LogP contribution in [0.3, 0.4) is 0 Å². The summed E-state index contributed by atoms with van der Waals surface area (Å²) in [6, 6.07) is 0.389. The monoisotopic (exact) mass is 435 g/mol. The molecule has 4 rings (SSSR count). The number of aromatic nitrogens is 3. The number of halogens is 4. The van der Waals surface area contributed by atoms with Gasteiger partial charge in [-0.05, 0) is 44.7 Å². The molecule has 10 heteroatoms. The van der Waals surface area contributed by atoms with Crippen molar-refractivity contribution < 1.29 is 13.2 Å². The Morgan fingerprint density at radius 3 is 2.68 bits per heavy atom. The van der Waals surface area contributed by atoms with Crippen LogP contribution in [-0.2, 0) is 25.8 Å². The molecule has 0 amide bonds. The third-order valence-electron chi connectivity index (χ3n) is 5.84. The maximum Gasteiger partial charge on any atom is 0.427 e. The van der Waals surface area contributed by atoms with Crippen molar-refractivity contribution in [2.45, 2.75) is 58.0 Å². The second-order valence-electron chi connectivity index (χ2n) is 7.48. The summed E-state index contributed by atoms with van der Waals surface area (Å²) in [5.74, 6) is 0.959. The molecule has 3 heterocycles. The van der Waals surface area contributed by atoms with Crippen molar-refractivity contribution >= 4 is 23.7 Å². The lowest BCUT2D eigenvalue weighted by molar-refractivity contribution is -0.134. The highest BCUT2D eigenvalue weighted by Gasteiger charge is 2.56. The smallest absolute Gasteiger partial charge is 0.334 e. The summed E-state index contributed by atoms with van der Waals surface area (Å²) in [7, 11) is 0. The zero-order valence-corrected chi connectivity index (χ0v) is 17.3. The number of piperidine rings is 1. The van der Waals surface area contributed by atoms with Gasteiger partial charge in [-0.25, -0.2) is 9.97 Å². The van der Waals surface area contributed by atoms with E-state index in [0.717, 1.165) is 62.3 Å². The van der Waals surface area contributed by atoms with Gasteiger partial charge in [-0.15, -0.1) is 23.7 Å². The summed E-state index contributed by atoms with van der Waals surface area (Å²) in [5.41, 5.74) is 0.305. The number of nitrogens with zero attached hydrogens (tertiary/aromatic N) is 4. The Labute approximate surface area is 172 Å². The summed E-state index contributed by atoms with van der Waals surface area (Å²) in [4.78, 5) is 10.2. The lowest BCUT2D eigenvalue weighted by atomic mass is 9.93. The Kier molecular flexibility index (Phi) is 6.38. The molecule has 28 heavy (non-hydrogen) atoms. The molecule has 0 bridgehead atoms. The fourth-order valence-corrected chi connectivity index (χ4v) is 5.04. The summed E-state index contributed by atoms with van der Waals surface area (Å²) < 4.78 is 40.9. The minimum Gasteiger partial charge on any atom is -0.334 e. The molecule has 1 aliphatic heterocycles. The molecule has 2 aromatic rings. The van der Waals surface area contributed by atoms with Crippen molar-refractivity contribution in [3.05, 3.63) is 34.3 Å². The van der Waals surface area contributed by atoms with Crippen molar-refractivity contribution in [2.75, 3.05) is 13.1 Å². The molecule has 1 atom stereocenters. The van der Waals surface area contributed by atoms with Gasteiger partial charge >= 0.3 is 6.18 Å². The van der Waals surface area contributed by atoms with E-state index in [1.54, 1.807) is 6.20 Å². The number of aryl methyl sites for hydroxylation is 1. The first kappa shape index (κ1) is 21.5. The third-order valence-corrected chi connectivity index (χ3v) is 6.87. The zero-order chi connectivity index (χ0) is 19.1. The van der Waals surface area contributed by atoms with Crippen LogP contribution < -0.4 is 5.32 Å². The molecule has 1 saturated carbocycles. The number of imidazole rings is 1. The quantitative estimate of drug-likeness (QED) is 0.746. The number of hydrogen-bond donors (Lipinski definition) is 1. The highest BCUT2D eigenvalue weighted by Crippen LogP contribution is 2.56. The van der Waals surface area contributed by atoms with Gasteiger partial charge in [-0.2, -0.15) is 13.2 Å². The van der Waals surface area contributed by atoms with Crippen molar-refractivity contribution in [3.8, 4) is 0 Å². The lowest BCUT2D eigenvalue weighted by Crippen LogP contribution is -2.36. The summed E-state index contributed by atoms with van der Waals surface area (Å²) in [6.45, 7) is 6.02. The van der Waals surface area contributed by atoms with Gasteiger partial charge in [0.25, 0.3) is 0 Å². The van der Waals surface area contributed by atoms with Crippen LogP contribution in [0.2, 0.25) is 0 Å². The highest BCUT2D eigenvalue weighted by molar-refractivity contribution is 7.11. The standard InChI is InChI=1S/C18H24F3N5S.ClH/c1-2-25-8-7-23-15(25)11-26(13-9-17(13)3-5-22-6-4-17)12-16-24-10-14(27-16)18(19,20)21;/h7-8,10,13,22H,2-6,9,11-12H2,1H3;1H. The Balaban J connectivity index is 0.00000225. The maximum atomic E-state index is 12.9. The van der Waals surface area contributed by atoms with Crippen LogP contribution in [-0.4, -0.2) is 38.6 Å². The third kappa shape index (κ3) is 4.37. The Morgan fingerprint density at radius 1 is 1.29 bits per heavy atom. The van der Waals surface area contributed by atoms with Gasteiger partial charge in [-0.3, -0.25) is 4.90 Å². The normalized spacial score (nSPS) is 21.1. The summed E-state index contributed by atoms with van der Waals surface area (Å²) >= 11 is 0.754. The van der Waals surface area contributed by atoms with Crippen molar-refractivity contribution in [3.63, 3.8) is 0 Å². The van der Waals surface area contributed by atoms with Crippen molar-refractivity contribution in [1.29, 1.82) is 0 Å². The number of alkyl halides is 3. The van der Waals surface area contributed by atoms with Crippen molar-refractivity contribution in [1.82, 2.24) is 24.8 Å². The first-order valence-electron chi connectivity index (χ1n) is 9.38. The molecule has 156 valence electrons. The van der Waals surface area contributed by atoms with Crippen LogP contribution in [0.1, 0.15) is 41.9 Å². The van der Waals surface area contributed by atoms with Crippen LogP contribution in [0.15, 0.2) is 18.6 Å². The van der Waals surface area contributed by atoms with Crippen LogP contribution in [0, 0.1) is 5.41 Å². The molecule has 1 unspecified atom stereocenters. The number of hydrogen-bond acceptors (Lipinski definition) is 5. The van der Waals surface area contributed by atoms with E-state index in [2.05, 4.69) is 31.7 Å². The minimum absolute atomic E-state index is 0. The van der Waals surface area contributed by atoms with Crippen LogP contribution in [0.25, 0.3) is 0 Å². The second kappa shape index (κ2) is 8.30. The first-order valence-corrected chi connectivity index (χ1v) is 10.2. The minimum atomic E-state index is -4.32. The molecule has 2 fully saturated rings. The van der Waals surface area contributed by atoms with Crippen molar-refractivity contribution in [2.24, 2.45) is 5.41 Å². The van der Waals surface area contributed by atoms with E-state index in [9.17, 15) is 13.2 Å². The molecule has 1 aliphatic carbocycles. The molecule has 1 N–H and O–H groups in total. The topological polar surface area (TPSA) is 46.0 Å². The summed E-state index contributed by atoms with van der Waals surface area (Å²) in [5, 5.41) is 3.92. The van der Waals surface area contributed by atoms with Crippen LogP contribution in [0.4, 0.5) is 13.2 Å². The molecule has 0 radical (unpaired) electrons. The van der Waals surface area contributed by atoms with Gasteiger partial charge in [0.2, 0.25) is 0 Å². The first-order chi connectivity index (χ1) is 12.9. The van der Waals surface area contributed by atoms with Gasteiger partial charge in [0, 0.05) is 25.0 Å². The fourth-order valence-electron chi connectivity index (χ4n) is 4.23. The molecule has 1 saturated heterocycles. The van der Waals surface area contributed by atoms with Gasteiger partial charge in [0.1, 0.15) is 15.7 Å². The Hall–Kier alpha value is -1.16. The Morgan fingerprint density at radius 2 is 2.04 bits per heavy atom. The predicted octanol–water partition coefficient (Wildman–Crippen LogP) is 3.94. The van der Waals surface area contributed by atoms with E-state index in [4.69, 9.17) is 0 Å². The van der Waals surface area contributed by atoms with E-state index in [-0.39, 0.29) is 12.4 Å². The maximum absolute atomic E-state index is 12.9. The van der Waals surface area contributed by atoms with E-state index in [1.165, 1.54) is 0 Å². The molecule has 0 aromatic carbocycles. The second-order valence-corrected chi connectivity index (χ2v) is 8.60. The predicted molar refractivity (Wildman–Crippen MR) is 104 cm³/mol. The number of rotatable bonds is 6. The van der Waals surface area contributed by atoms with Crippen LogP contribution >= 0.6 is 23.7 Å². The van der Waals surface area contributed by atoms with E-state index < -0.39 is 11.1 Å². The van der Waals surface area contributed by atoms with Gasteiger partial charge in [-0.1, -0.05) is 0 Å². The average molecular weight is 436 g/mol. The lowest BCUT2D eigenvalue weighted by Gasteiger charge is -2.29. The van der Waals surface area contributed by atoms with Gasteiger partial charge in [0.15, 0.2) is 0 Å². The van der Waals surface area contributed by atoms with Gasteiger partial charge < -0.3 is 9.88 Å². The Bertz CT molecular complexity index is 784. The SMILES string of the molecule is CCn1ccnc1CN(Cc1ncc(C(F)(F)F)s1)C1CC12CCNCC2.Cl. The molecular formula is C18H25ClF3N5S. The fraction of sp³-hybridized carbons (Fsp3) is 0.667. The number of nitrogens with one attached hydrogen (secondary N) is 1.